The number of esters is 1. The van der Waals surface area contributed by atoms with Crippen molar-refractivity contribution in [3.8, 4) is 0 Å². The van der Waals surface area contributed by atoms with Crippen LogP contribution in [-0.4, -0.2) is 23.3 Å². The number of carbonyl (C=O) groups is 1. The molecule has 0 aliphatic heterocycles. The van der Waals surface area contributed by atoms with E-state index in [2.05, 4.69) is 6.58 Å². The first-order valence-corrected chi connectivity index (χ1v) is 7.28. The van der Waals surface area contributed by atoms with Crippen LogP contribution in [0.1, 0.15) is 47.5 Å². The Kier molecular flexibility index (Phi) is 9.39. The standard InChI is InChI=1S/C18H28O3/c1-13(2)17(19)11-10-15(5)8-7-9-16(6)12-18(20)21-14(3)4/h7-9,12,14,17,19H,1,10-11H2,2-6H3. The van der Waals surface area contributed by atoms with Gasteiger partial charge in [-0.1, -0.05) is 36.0 Å². The first kappa shape index (κ1) is 19.4. The van der Waals surface area contributed by atoms with E-state index in [9.17, 15) is 9.90 Å². The van der Waals surface area contributed by atoms with Gasteiger partial charge < -0.3 is 9.84 Å². The van der Waals surface area contributed by atoms with E-state index in [1.165, 1.54) is 11.6 Å². The lowest BCUT2D eigenvalue weighted by Gasteiger charge is -2.09. The molecule has 3 heteroatoms. The van der Waals surface area contributed by atoms with E-state index < -0.39 is 6.10 Å². The molecule has 1 N–H and O–H groups in total. The highest BCUT2D eigenvalue weighted by Crippen LogP contribution is 2.11. The topological polar surface area (TPSA) is 46.5 Å². The third-order valence-corrected chi connectivity index (χ3v) is 2.82. The number of ether oxygens (including phenoxy) is 1. The molecular formula is C18H28O3. The molecule has 0 spiro atoms. The average molecular weight is 292 g/mol. The van der Waals surface area contributed by atoms with Gasteiger partial charge in [0.25, 0.3) is 0 Å². The molecule has 0 amide bonds. The average Bonchev–Trinajstić information content (AvgIpc) is 2.34. The van der Waals surface area contributed by atoms with Crippen LogP contribution >= 0.6 is 0 Å². The van der Waals surface area contributed by atoms with Crippen molar-refractivity contribution in [2.24, 2.45) is 0 Å². The number of rotatable bonds is 8. The second kappa shape index (κ2) is 10.2. The lowest BCUT2D eigenvalue weighted by molar-refractivity contribution is -0.141. The number of aliphatic hydroxyl groups is 1. The van der Waals surface area contributed by atoms with Crippen molar-refractivity contribution >= 4 is 5.97 Å². The van der Waals surface area contributed by atoms with Gasteiger partial charge >= 0.3 is 5.97 Å². The molecule has 118 valence electrons. The van der Waals surface area contributed by atoms with E-state index >= 15 is 0 Å². The molecule has 0 bridgehead atoms. The third kappa shape index (κ3) is 10.8. The van der Waals surface area contributed by atoms with Crippen molar-refractivity contribution < 1.29 is 14.6 Å². The van der Waals surface area contributed by atoms with E-state index in [0.29, 0.717) is 6.42 Å². The van der Waals surface area contributed by atoms with Crippen LogP contribution in [0.4, 0.5) is 0 Å². The summed E-state index contributed by atoms with van der Waals surface area (Å²) in [5.74, 6) is -0.322. The van der Waals surface area contributed by atoms with Gasteiger partial charge in [0.2, 0.25) is 0 Å². The van der Waals surface area contributed by atoms with Gasteiger partial charge in [-0.2, -0.15) is 0 Å². The molecule has 1 unspecified atom stereocenters. The molecule has 0 fully saturated rings. The van der Waals surface area contributed by atoms with Gasteiger partial charge in [0.05, 0.1) is 12.2 Å². The van der Waals surface area contributed by atoms with Crippen molar-refractivity contribution in [1.82, 2.24) is 0 Å². The molecule has 0 aromatic carbocycles. The third-order valence-electron chi connectivity index (χ3n) is 2.82. The van der Waals surface area contributed by atoms with Crippen LogP contribution in [-0.2, 0) is 9.53 Å². The summed E-state index contributed by atoms with van der Waals surface area (Å²) in [6, 6.07) is 0. The summed E-state index contributed by atoms with van der Waals surface area (Å²) in [5, 5.41) is 9.65. The van der Waals surface area contributed by atoms with Crippen molar-refractivity contribution in [2.75, 3.05) is 0 Å². The van der Waals surface area contributed by atoms with Gasteiger partial charge in [0.1, 0.15) is 0 Å². The SMILES string of the molecule is C=C(C)C(O)CCC(C)=CC=CC(C)=CC(=O)OC(C)C. The van der Waals surface area contributed by atoms with Crippen LogP contribution in [0.3, 0.4) is 0 Å². The van der Waals surface area contributed by atoms with Crippen LogP contribution in [0.5, 0.6) is 0 Å². The molecule has 21 heavy (non-hydrogen) atoms. The summed E-state index contributed by atoms with van der Waals surface area (Å²) in [6.45, 7) is 13.1. The Balaban J connectivity index is 4.34. The molecule has 0 aromatic heterocycles. The maximum atomic E-state index is 11.4. The molecule has 0 saturated carbocycles. The number of allylic oxidation sites excluding steroid dienone is 5. The summed E-state index contributed by atoms with van der Waals surface area (Å²) in [5.41, 5.74) is 2.80. The van der Waals surface area contributed by atoms with Gasteiger partial charge in [-0.15, -0.1) is 0 Å². The Bertz CT molecular complexity index is 439. The molecule has 3 nitrogen and oxygen atoms in total. The summed E-state index contributed by atoms with van der Waals surface area (Å²) in [6.07, 6.45) is 8.17. The Hall–Kier alpha value is -1.61. The molecule has 0 aliphatic rings. The van der Waals surface area contributed by atoms with Gasteiger partial charge in [-0.25, -0.2) is 4.79 Å². The van der Waals surface area contributed by atoms with Crippen molar-refractivity contribution in [2.45, 2.75) is 59.7 Å². The summed E-state index contributed by atoms with van der Waals surface area (Å²) in [7, 11) is 0. The minimum Gasteiger partial charge on any atom is -0.460 e. The molecule has 0 rings (SSSR count). The molecule has 1 atom stereocenters. The van der Waals surface area contributed by atoms with E-state index in [0.717, 1.165) is 17.6 Å². The van der Waals surface area contributed by atoms with Gasteiger partial charge in [-0.3, -0.25) is 0 Å². The van der Waals surface area contributed by atoms with Crippen LogP contribution in [0.15, 0.2) is 47.6 Å². The highest BCUT2D eigenvalue weighted by atomic mass is 16.5. The lowest BCUT2D eigenvalue weighted by atomic mass is 10.0. The smallest absolute Gasteiger partial charge is 0.331 e. The fourth-order valence-corrected chi connectivity index (χ4v) is 1.56. The van der Waals surface area contributed by atoms with E-state index in [1.807, 2.05) is 52.8 Å². The molecule has 0 aromatic rings. The Morgan fingerprint density at radius 1 is 1.29 bits per heavy atom. The fraction of sp³-hybridized carbons (Fsp3) is 0.500. The largest absolute Gasteiger partial charge is 0.460 e. The van der Waals surface area contributed by atoms with Crippen LogP contribution in [0, 0.1) is 0 Å². The van der Waals surface area contributed by atoms with Crippen LogP contribution < -0.4 is 0 Å². The lowest BCUT2D eigenvalue weighted by Crippen LogP contribution is -2.08. The van der Waals surface area contributed by atoms with Gasteiger partial charge in [0.15, 0.2) is 0 Å². The Labute approximate surface area is 128 Å². The minimum absolute atomic E-state index is 0.104. The van der Waals surface area contributed by atoms with Crippen molar-refractivity contribution in [1.29, 1.82) is 0 Å². The zero-order valence-corrected chi connectivity index (χ0v) is 13.8. The second-order valence-electron chi connectivity index (χ2n) is 5.65. The molecule has 0 heterocycles. The molecular weight excluding hydrogens is 264 g/mol. The summed E-state index contributed by atoms with van der Waals surface area (Å²) < 4.78 is 5.03. The summed E-state index contributed by atoms with van der Waals surface area (Å²) in [4.78, 5) is 11.4. The fourth-order valence-electron chi connectivity index (χ4n) is 1.56. The number of hydrogen-bond donors (Lipinski definition) is 1. The highest BCUT2D eigenvalue weighted by molar-refractivity contribution is 5.83. The van der Waals surface area contributed by atoms with Crippen molar-refractivity contribution in [3.63, 3.8) is 0 Å². The Morgan fingerprint density at radius 3 is 2.43 bits per heavy atom. The van der Waals surface area contributed by atoms with E-state index in [1.54, 1.807) is 0 Å². The quantitative estimate of drug-likeness (QED) is 0.317. The predicted octanol–water partition coefficient (Wildman–Crippen LogP) is 4.10. The number of aliphatic hydroxyl groups excluding tert-OH is 1. The van der Waals surface area contributed by atoms with E-state index in [4.69, 9.17) is 4.74 Å². The first-order valence-electron chi connectivity index (χ1n) is 7.28. The maximum absolute atomic E-state index is 11.4. The molecule has 0 saturated heterocycles. The summed E-state index contributed by atoms with van der Waals surface area (Å²) >= 11 is 0. The Morgan fingerprint density at radius 2 is 1.90 bits per heavy atom. The van der Waals surface area contributed by atoms with Gasteiger partial charge in [-0.05, 0) is 53.0 Å². The number of hydrogen-bond acceptors (Lipinski definition) is 3. The first-order chi connectivity index (χ1) is 9.72. The normalized spacial score (nSPS) is 14.6. The van der Waals surface area contributed by atoms with Crippen LogP contribution in [0.2, 0.25) is 0 Å². The highest BCUT2D eigenvalue weighted by Gasteiger charge is 2.03. The van der Waals surface area contributed by atoms with E-state index in [-0.39, 0.29) is 12.1 Å². The maximum Gasteiger partial charge on any atom is 0.331 e. The van der Waals surface area contributed by atoms with Crippen LogP contribution in [0.25, 0.3) is 0 Å². The minimum atomic E-state index is -0.440. The molecule has 0 aliphatic carbocycles. The monoisotopic (exact) mass is 292 g/mol. The second-order valence-corrected chi connectivity index (χ2v) is 5.65. The van der Waals surface area contributed by atoms with Gasteiger partial charge in [0, 0.05) is 6.08 Å². The zero-order valence-electron chi connectivity index (χ0n) is 13.8. The van der Waals surface area contributed by atoms with Crippen molar-refractivity contribution in [3.05, 3.63) is 47.6 Å². The molecule has 0 radical (unpaired) electrons. The zero-order chi connectivity index (χ0) is 16.4. The number of carbonyl (C=O) groups excluding carboxylic acids is 1. The predicted molar refractivity (Wildman–Crippen MR) is 87.9 cm³/mol.